The standard InChI is InChI=1S/C10H13NO5S/c1-11(17(3,14)15)7-4-5-9(16-2)8(6-7)10(12)13/h4-6H,1-3H3,(H,12,13). The van der Waals surface area contributed by atoms with Crippen molar-refractivity contribution >= 4 is 21.7 Å². The van der Waals surface area contributed by atoms with Crippen molar-refractivity contribution in [1.29, 1.82) is 0 Å². The maximum absolute atomic E-state index is 11.3. The molecule has 0 saturated carbocycles. The SMILES string of the molecule is COc1ccc(N(C)S(C)(=O)=O)cc1C(=O)O. The predicted octanol–water partition coefficient (Wildman–Crippen LogP) is 0.789. The quantitative estimate of drug-likeness (QED) is 0.864. The molecule has 0 aliphatic heterocycles. The van der Waals surface area contributed by atoms with Gasteiger partial charge in [0.25, 0.3) is 0 Å². The molecular weight excluding hydrogens is 246 g/mol. The number of nitrogens with zero attached hydrogens (tertiary/aromatic N) is 1. The van der Waals surface area contributed by atoms with Crippen LogP contribution in [0.4, 0.5) is 5.69 Å². The summed E-state index contributed by atoms with van der Waals surface area (Å²) in [5.41, 5.74) is 0.186. The topological polar surface area (TPSA) is 83.9 Å². The largest absolute Gasteiger partial charge is 0.496 e. The van der Waals surface area contributed by atoms with Gasteiger partial charge >= 0.3 is 5.97 Å². The van der Waals surface area contributed by atoms with Crippen LogP contribution < -0.4 is 9.04 Å². The number of aromatic carboxylic acids is 1. The van der Waals surface area contributed by atoms with E-state index >= 15 is 0 Å². The first-order valence-electron chi connectivity index (χ1n) is 4.62. The summed E-state index contributed by atoms with van der Waals surface area (Å²) in [4.78, 5) is 11.0. The minimum absolute atomic E-state index is 0.0829. The maximum atomic E-state index is 11.3. The third-order valence-electron chi connectivity index (χ3n) is 2.27. The molecule has 0 bridgehead atoms. The Bertz CT molecular complexity index is 538. The van der Waals surface area contributed by atoms with E-state index < -0.39 is 16.0 Å². The highest BCUT2D eigenvalue weighted by atomic mass is 32.2. The lowest BCUT2D eigenvalue weighted by atomic mass is 10.2. The van der Waals surface area contributed by atoms with Gasteiger partial charge in [0.15, 0.2) is 0 Å². The molecule has 0 fully saturated rings. The van der Waals surface area contributed by atoms with Crippen molar-refractivity contribution in [3.63, 3.8) is 0 Å². The van der Waals surface area contributed by atoms with Gasteiger partial charge in [0, 0.05) is 7.05 Å². The summed E-state index contributed by atoms with van der Waals surface area (Å²) in [7, 11) is -0.719. The van der Waals surface area contributed by atoms with Crippen LogP contribution in [0.25, 0.3) is 0 Å². The van der Waals surface area contributed by atoms with Crippen LogP contribution in [0.5, 0.6) is 5.75 Å². The molecule has 1 rings (SSSR count). The minimum Gasteiger partial charge on any atom is -0.496 e. The number of methoxy groups -OCH3 is 1. The number of hydrogen-bond acceptors (Lipinski definition) is 4. The normalized spacial score (nSPS) is 11.0. The second-order valence-corrected chi connectivity index (χ2v) is 5.43. The first-order valence-corrected chi connectivity index (χ1v) is 6.47. The molecule has 7 heteroatoms. The number of carboxylic acids is 1. The zero-order valence-corrected chi connectivity index (χ0v) is 10.5. The number of hydrogen-bond donors (Lipinski definition) is 1. The molecule has 0 aliphatic rings. The van der Waals surface area contributed by atoms with Crippen molar-refractivity contribution in [2.45, 2.75) is 0 Å². The van der Waals surface area contributed by atoms with Gasteiger partial charge in [-0.1, -0.05) is 0 Å². The first-order chi connectivity index (χ1) is 7.77. The predicted molar refractivity (Wildman–Crippen MR) is 63.2 cm³/mol. The van der Waals surface area contributed by atoms with Crippen LogP contribution in [-0.2, 0) is 10.0 Å². The summed E-state index contributed by atoms with van der Waals surface area (Å²) >= 11 is 0. The Morgan fingerprint density at radius 1 is 1.41 bits per heavy atom. The molecule has 0 spiro atoms. The number of anilines is 1. The molecule has 0 atom stereocenters. The van der Waals surface area contributed by atoms with Crippen LogP contribution in [0.3, 0.4) is 0 Å². The molecule has 6 nitrogen and oxygen atoms in total. The van der Waals surface area contributed by atoms with Crippen LogP contribution in [0, 0.1) is 0 Å². The number of carboxylic acid groups (broad SMARTS) is 1. The van der Waals surface area contributed by atoms with Gasteiger partial charge in [0.05, 0.1) is 19.1 Å². The number of carbonyl (C=O) groups is 1. The van der Waals surface area contributed by atoms with Crippen molar-refractivity contribution in [1.82, 2.24) is 0 Å². The second kappa shape index (κ2) is 4.62. The van der Waals surface area contributed by atoms with Crippen LogP contribution in [0.2, 0.25) is 0 Å². The van der Waals surface area contributed by atoms with E-state index in [1.165, 1.54) is 32.4 Å². The van der Waals surface area contributed by atoms with Gasteiger partial charge in [-0.3, -0.25) is 4.31 Å². The van der Waals surface area contributed by atoms with Crippen molar-refractivity contribution < 1.29 is 23.1 Å². The third kappa shape index (κ3) is 2.88. The monoisotopic (exact) mass is 259 g/mol. The van der Waals surface area contributed by atoms with Crippen molar-refractivity contribution in [2.24, 2.45) is 0 Å². The first kappa shape index (κ1) is 13.3. The van der Waals surface area contributed by atoms with E-state index in [4.69, 9.17) is 9.84 Å². The van der Waals surface area contributed by atoms with Gasteiger partial charge in [-0.05, 0) is 18.2 Å². The molecular formula is C10H13NO5S. The van der Waals surface area contributed by atoms with Crippen LogP contribution >= 0.6 is 0 Å². The Morgan fingerprint density at radius 2 is 2.00 bits per heavy atom. The molecule has 17 heavy (non-hydrogen) atoms. The van der Waals surface area contributed by atoms with Crippen molar-refractivity contribution in [3.8, 4) is 5.75 Å². The zero-order valence-electron chi connectivity index (χ0n) is 9.67. The number of ether oxygens (including phenoxy) is 1. The lowest BCUT2D eigenvalue weighted by Crippen LogP contribution is -2.25. The van der Waals surface area contributed by atoms with E-state index in [0.29, 0.717) is 0 Å². The Labute approximate surface area is 99.5 Å². The van der Waals surface area contributed by atoms with E-state index in [2.05, 4.69) is 0 Å². The molecule has 94 valence electrons. The highest BCUT2D eigenvalue weighted by Gasteiger charge is 2.17. The molecule has 0 unspecified atom stereocenters. The molecule has 1 aromatic carbocycles. The van der Waals surface area contributed by atoms with Crippen LogP contribution in [-0.4, -0.2) is 39.9 Å². The smallest absolute Gasteiger partial charge is 0.339 e. The zero-order chi connectivity index (χ0) is 13.2. The van der Waals surface area contributed by atoms with Gasteiger partial charge in [0.1, 0.15) is 11.3 Å². The minimum atomic E-state index is -3.42. The lowest BCUT2D eigenvalue weighted by molar-refractivity contribution is 0.0693. The summed E-state index contributed by atoms with van der Waals surface area (Å²) in [5.74, 6) is -0.992. The van der Waals surface area contributed by atoms with Gasteiger partial charge in [-0.15, -0.1) is 0 Å². The Kier molecular flexibility index (Phi) is 3.62. The third-order valence-corrected chi connectivity index (χ3v) is 3.48. The van der Waals surface area contributed by atoms with Crippen molar-refractivity contribution in [2.75, 3.05) is 24.7 Å². The summed E-state index contributed by atoms with van der Waals surface area (Å²) in [5, 5.41) is 8.96. The molecule has 0 heterocycles. The molecule has 0 amide bonds. The molecule has 0 saturated heterocycles. The van der Waals surface area contributed by atoms with Gasteiger partial charge in [-0.2, -0.15) is 0 Å². The fourth-order valence-electron chi connectivity index (χ4n) is 1.25. The summed E-state index contributed by atoms with van der Waals surface area (Å²) < 4.78 is 28.5. The van der Waals surface area contributed by atoms with E-state index in [1.54, 1.807) is 0 Å². The van der Waals surface area contributed by atoms with Crippen LogP contribution in [0.15, 0.2) is 18.2 Å². The fourth-order valence-corrected chi connectivity index (χ4v) is 1.75. The average Bonchev–Trinajstić information content (AvgIpc) is 2.25. The second-order valence-electron chi connectivity index (χ2n) is 3.42. The Hall–Kier alpha value is -1.76. The van der Waals surface area contributed by atoms with E-state index in [-0.39, 0.29) is 17.0 Å². The lowest BCUT2D eigenvalue weighted by Gasteiger charge is -2.17. The van der Waals surface area contributed by atoms with Crippen molar-refractivity contribution in [3.05, 3.63) is 23.8 Å². The Morgan fingerprint density at radius 3 is 2.41 bits per heavy atom. The Balaban J connectivity index is 3.31. The van der Waals surface area contributed by atoms with Gasteiger partial charge in [-0.25, -0.2) is 13.2 Å². The number of sulfonamides is 1. The maximum Gasteiger partial charge on any atom is 0.339 e. The molecule has 0 aromatic heterocycles. The molecule has 1 aromatic rings. The van der Waals surface area contributed by atoms with E-state index in [0.717, 1.165) is 10.6 Å². The summed E-state index contributed by atoms with van der Waals surface area (Å²) in [6.45, 7) is 0. The molecule has 0 radical (unpaired) electrons. The molecule has 0 aliphatic carbocycles. The van der Waals surface area contributed by atoms with Gasteiger partial charge in [0.2, 0.25) is 10.0 Å². The number of rotatable bonds is 4. The van der Waals surface area contributed by atoms with E-state index in [9.17, 15) is 13.2 Å². The highest BCUT2D eigenvalue weighted by molar-refractivity contribution is 7.92. The molecule has 1 N–H and O–H groups in total. The van der Waals surface area contributed by atoms with Crippen LogP contribution in [0.1, 0.15) is 10.4 Å². The average molecular weight is 259 g/mol. The summed E-state index contributed by atoms with van der Waals surface area (Å²) in [6, 6.07) is 4.15. The van der Waals surface area contributed by atoms with E-state index in [1.807, 2.05) is 0 Å². The highest BCUT2D eigenvalue weighted by Crippen LogP contribution is 2.25. The number of benzene rings is 1. The summed E-state index contributed by atoms with van der Waals surface area (Å²) in [6.07, 6.45) is 1.04. The van der Waals surface area contributed by atoms with Gasteiger partial charge < -0.3 is 9.84 Å². The fraction of sp³-hybridized carbons (Fsp3) is 0.300.